The first-order chi connectivity index (χ1) is 7.72. The Morgan fingerprint density at radius 1 is 1.44 bits per heavy atom. The molecule has 1 aromatic rings. The number of hydrogen-bond donors (Lipinski definition) is 1. The summed E-state index contributed by atoms with van der Waals surface area (Å²) < 4.78 is 0. The van der Waals surface area contributed by atoms with Gasteiger partial charge in [0.05, 0.1) is 0 Å². The lowest BCUT2D eigenvalue weighted by molar-refractivity contribution is -0.118. The van der Waals surface area contributed by atoms with E-state index in [1.807, 2.05) is 0 Å². The van der Waals surface area contributed by atoms with E-state index in [2.05, 4.69) is 22.2 Å². The maximum absolute atomic E-state index is 11.4. The Labute approximate surface area is 100 Å². The molecule has 0 aromatic carbocycles. The second-order valence-electron chi connectivity index (χ2n) is 3.54. The summed E-state index contributed by atoms with van der Waals surface area (Å²) in [5, 5.41) is 3.43. The van der Waals surface area contributed by atoms with Crippen LogP contribution < -0.4 is 5.32 Å². The molecule has 88 valence electrons. The maximum Gasteiger partial charge on any atom is 0.134 e. The number of unbranched alkanes of at least 4 members (excludes halogenated alkanes) is 1. The average molecular weight is 242 g/mol. The van der Waals surface area contributed by atoms with Crippen LogP contribution in [0.4, 0.5) is 5.82 Å². The van der Waals surface area contributed by atoms with Crippen molar-refractivity contribution >= 4 is 23.2 Å². The van der Waals surface area contributed by atoms with Crippen molar-refractivity contribution in [1.29, 1.82) is 0 Å². The molecule has 0 unspecified atom stereocenters. The summed E-state index contributed by atoms with van der Waals surface area (Å²) in [5.74, 6) is 0.942. The van der Waals surface area contributed by atoms with Crippen LogP contribution in [0.1, 0.15) is 32.6 Å². The van der Waals surface area contributed by atoms with E-state index < -0.39 is 0 Å². The van der Waals surface area contributed by atoms with Gasteiger partial charge in [0, 0.05) is 25.5 Å². The summed E-state index contributed by atoms with van der Waals surface area (Å²) in [6.45, 7) is 2.67. The molecule has 0 amide bonds. The van der Waals surface area contributed by atoms with E-state index in [4.69, 9.17) is 11.6 Å². The number of halogens is 1. The molecule has 1 N–H and O–H groups in total. The van der Waals surface area contributed by atoms with Crippen LogP contribution in [0.2, 0.25) is 5.15 Å². The molecule has 1 rings (SSSR count). The van der Waals surface area contributed by atoms with E-state index in [1.165, 1.54) is 6.33 Å². The van der Waals surface area contributed by atoms with Gasteiger partial charge >= 0.3 is 0 Å². The van der Waals surface area contributed by atoms with Gasteiger partial charge in [-0.25, -0.2) is 9.97 Å². The van der Waals surface area contributed by atoms with Gasteiger partial charge in [-0.05, 0) is 6.42 Å². The highest BCUT2D eigenvalue weighted by molar-refractivity contribution is 6.29. The highest BCUT2D eigenvalue weighted by Crippen LogP contribution is 2.08. The fourth-order valence-corrected chi connectivity index (χ4v) is 1.41. The monoisotopic (exact) mass is 241 g/mol. The van der Waals surface area contributed by atoms with Gasteiger partial charge in [-0.15, -0.1) is 0 Å². The predicted octanol–water partition coefficient (Wildman–Crippen LogP) is 2.69. The SMILES string of the molecule is CCCCC(=O)CCNc1cc(Cl)ncn1. The average Bonchev–Trinajstić information content (AvgIpc) is 2.26. The lowest BCUT2D eigenvalue weighted by Crippen LogP contribution is -2.09. The zero-order valence-electron chi connectivity index (χ0n) is 9.37. The molecule has 0 bridgehead atoms. The molecule has 0 aliphatic rings. The minimum Gasteiger partial charge on any atom is -0.369 e. The zero-order valence-corrected chi connectivity index (χ0v) is 10.1. The molecule has 0 aliphatic heterocycles. The van der Waals surface area contributed by atoms with Crippen LogP contribution in [0.5, 0.6) is 0 Å². The number of Topliss-reactive ketones (excluding diaryl/α,β-unsaturated/α-hetero) is 1. The quantitative estimate of drug-likeness (QED) is 0.746. The molecule has 5 heteroatoms. The minimum absolute atomic E-state index is 0.287. The van der Waals surface area contributed by atoms with Crippen LogP contribution in [0, 0.1) is 0 Å². The Bertz CT molecular complexity index is 344. The third-order valence-corrected chi connectivity index (χ3v) is 2.36. The Morgan fingerprint density at radius 3 is 2.94 bits per heavy atom. The molecule has 0 radical (unpaired) electrons. The number of ketones is 1. The molecule has 1 heterocycles. The highest BCUT2D eigenvalue weighted by atomic mass is 35.5. The number of carbonyl (C=O) groups excluding carboxylic acids is 1. The van der Waals surface area contributed by atoms with E-state index in [-0.39, 0.29) is 5.78 Å². The van der Waals surface area contributed by atoms with E-state index in [0.717, 1.165) is 12.8 Å². The first-order valence-corrected chi connectivity index (χ1v) is 5.83. The molecule has 0 aliphatic carbocycles. The summed E-state index contributed by atoms with van der Waals surface area (Å²) in [7, 11) is 0. The first-order valence-electron chi connectivity index (χ1n) is 5.45. The van der Waals surface area contributed by atoms with Gasteiger partial charge in [-0.2, -0.15) is 0 Å². The lowest BCUT2D eigenvalue weighted by Gasteiger charge is -2.04. The third kappa shape index (κ3) is 5.07. The lowest BCUT2D eigenvalue weighted by atomic mass is 10.1. The normalized spacial score (nSPS) is 10.1. The number of aromatic nitrogens is 2. The van der Waals surface area contributed by atoms with Crippen LogP contribution in [0.3, 0.4) is 0 Å². The van der Waals surface area contributed by atoms with Crippen molar-refractivity contribution in [3.63, 3.8) is 0 Å². The molecule has 4 nitrogen and oxygen atoms in total. The van der Waals surface area contributed by atoms with Gasteiger partial charge in [0.25, 0.3) is 0 Å². The van der Waals surface area contributed by atoms with Crippen molar-refractivity contribution in [2.45, 2.75) is 32.6 Å². The van der Waals surface area contributed by atoms with E-state index >= 15 is 0 Å². The van der Waals surface area contributed by atoms with Crippen LogP contribution >= 0.6 is 11.6 Å². The molecule has 0 spiro atoms. The second kappa shape index (κ2) is 7.17. The third-order valence-electron chi connectivity index (χ3n) is 2.15. The van der Waals surface area contributed by atoms with Crippen LogP contribution in [0.25, 0.3) is 0 Å². The number of carbonyl (C=O) groups is 1. The van der Waals surface area contributed by atoms with Crippen LogP contribution in [-0.2, 0) is 4.79 Å². The predicted molar refractivity (Wildman–Crippen MR) is 64.7 cm³/mol. The van der Waals surface area contributed by atoms with Crippen molar-refractivity contribution < 1.29 is 4.79 Å². The summed E-state index contributed by atoms with van der Waals surface area (Å²) in [6.07, 6.45) is 4.62. The van der Waals surface area contributed by atoms with E-state index in [1.54, 1.807) is 6.07 Å². The molecule has 1 aromatic heterocycles. The number of nitrogens with one attached hydrogen (secondary N) is 1. The van der Waals surface area contributed by atoms with Gasteiger partial charge in [0.1, 0.15) is 23.1 Å². The van der Waals surface area contributed by atoms with Crippen molar-refractivity contribution in [3.05, 3.63) is 17.5 Å². The van der Waals surface area contributed by atoms with Gasteiger partial charge in [0.2, 0.25) is 0 Å². The fraction of sp³-hybridized carbons (Fsp3) is 0.545. The number of hydrogen-bond acceptors (Lipinski definition) is 4. The molecule has 0 atom stereocenters. The van der Waals surface area contributed by atoms with Gasteiger partial charge < -0.3 is 5.32 Å². The summed E-state index contributed by atoms with van der Waals surface area (Å²) >= 11 is 5.70. The zero-order chi connectivity index (χ0) is 11.8. The van der Waals surface area contributed by atoms with E-state index in [9.17, 15) is 4.79 Å². The smallest absolute Gasteiger partial charge is 0.134 e. The fourth-order valence-electron chi connectivity index (χ4n) is 1.26. The van der Waals surface area contributed by atoms with Gasteiger partial charge in [-0.3, -0.25) is 4.79 Å². The minimum atomic E-state index is 0.287. The Morgan fingerprint density at radius 2 is 2.25 bits per heavy atom. The molecule has 0 saturated heterocycles. The number of rotatable bonds is 7. The second-order valence-corrected chi connectivity index (χ2v) is 3.93. The molecule has 0 saturated carbocycles. The molecular weight excluding hydrogens is 226 g/mol. The Kier molecular flexibility index (Phi) is 5.78. The van der Waals surface area contributed by atoms with Crippen LogP contribution in [0.15, 0.2) is 12.4 Å². The Balaban J connectivity index is 2.22. The largest absolute Gasteiger partial charge is 0.369 e. The number of nitrogens with zero attached hydrogens (tertiary/aromatic N) is 2. The standard InChI is InChI=1S/C11H16ClN3O/c1-2-3-4-9(16)5-6-13-11-7-10(12)14-8-15-11/h7-8H,2-6H2,1H3,(H,13,14,15). The van der Waals surface area contributed by atoms with E-state index in [0.29, 0.717) is 30.4 Å². The first kappa shape index (κ1) is 12.9. The Hall–Kier alpha value is -1.16. The van der Waals surface area contributed by atoms with Crippen LogP contribution in [-0.4, -0.2) is 22.3 Å². The molecule has 16 heavy (non-hydrogen) atoms. The molecular formula is C11H16ClN3O. The van der Waals surface area contributed by atoms with Gasteiger partial charge in [-0.1, -0.05) is 24.9 Å². The van der Waals surface area contributed by atoms with Crippen molar-refractivity contribution in [2.75, 3.05) is 11.9 Å². The molecule has 0 fully saturated rings. The summed E-state index contributed by atoms with van der Waals surface area (Å²) in [4.78, 5) is 19.1. The summed E-state index contributed by atoms with van der Waals surface area (Å²) in [5.41, 5.74) is 0. The van der Waals surface area contributed by atoms with Gasteiger partial charge in [0.15, 0.2) is 0 Å². The number of anilines is 1. The van der Waals surface area contributed by atoms with Crippen molar-refractivity contribution in [3.8, 4) is 0 Å². The maximum atomic E-state index is 11.4. The summed E-state index contributed by atoms with van der Waals surface area (Å²) in [6, 6.07) is 1.64. The topological polar surface area (TPSA) is 54.9 Å². The highest BCUT2D eigenvalue weighted by Gasteiger charge is 2.01. The van der Waals surface area contributed by atoms with Crippen molar-refractivity contribution in [1.82, 2.24) is 9.97 Å². The van der Waals surface area contributed by atoms with Crippen molar-refractivity contribution in [2.24, 2.45) is 0 Å².